The molecule has 4 amide bonds. The van der Waals surface area contributed by atoms with Gasteiger partial charge in [0.2, 0.25) is 23.6 Å². The Hall–Kier alpha value is -4.16. The molecule has 26 N–H and O–H groups in total. The van der Waals surface area contributed by atoms with E-state index in [0.29, 0.717) is 12.8 Å². The second kappa shape index (κ2) is 64.5. The number of amides is 4. The predicted octanol–water partition coefficient (Wildman–Crippen LogP) is -3.49. The van der Waals surface area contributed by atoms with Gasteiger partial charge in [-0.3, -0.25) is 19.2 Å². The minimum absolute atomic E-state index is 0.133. The fourth-order valence-corrected chi connectivity index (χ4v) is 19.1. The lowest BCUT2D eigenvalue weighted by Crippen LogP contribution is -2.71. The number of hydrogen-bond donors (Lipinski definition) is 26. The molecular weight excluding hydrogens is 1880 g/mol. The summed E-state index contributed by atoms with van der Waals surface area (Å²) in [6.07, 6.45) is -33.4. The van der Waals surface area contributed by atoms with E-state index in [9.17, 15) is 132 Å². The largest absolute Gasteiger partial charge is 0.394 e. The molecule has 8 heterocycles. The lowest BCUT2D eigenvalue weighted by molar-refractivity contribution is -0.392. The molecular formula is C96H170N4O42. The van der Waals surface area contributed by atoms with Gasteiger partial charge in [-0.05, 0) is 51.9 Å². The minimum Gasteiger partial charge on any atom is -0.394 e. The fraction of sp³-hybridized carbons (Fsp3) is 0.917. The van der Waals surface area contributed by atoms with Gasteiger partial charge in [-0.2, -0.15) is 0 Å². The number of rotatable bonds is 63. The molecule has 8 aliphatic rings. The van der Waals surface area contributed by atoms with Crippen molar-refractivity contribution in [3.8, 4) is 0 Å². The molecule has 16 unspecified atom stereocenters. The zero-order valence-corrected chi connectivity index (χ0v) is 82.8. The molecule has 0 spiro atoms. The van der Waals surface area contributed by atoms with Crippen molar-refractivity contribution in [2.24, 2.45) is 0 Å². The topological polar surface area (TPSA) is 709 Å². The van der Waals surface area contributed by atoms with Gasteiger partial charge in [0, 0.05) is 27.2 Å². The number of hydrogen-bond acceptors (Lipinski definition) is 42. The number of allylic oxidation sites excluding steroid dienone is 3. The van der Waals surface area contributed by atoms with Gasteiger partial charge >= 0.3 is 0 Å². The number of aliphatic hydroxyl groups is 22. The van der Waals surface area contributed by atoms with Crippen LogP contribution in [0.1, 0.15) is 247 Å². The van der Waals surface area contributed by atoms with Crippen LogP contribution in [0, 0.1) is 0 Å². The number of carbonyl (C=O) groups is 4. The molecule has 0 aromatic heterocycles. The number of carbonyl (C=O) groups excluding carboxylic acids is 4. The summed E-state index contributed by atoms with van der Waals surface area (Å²) in [6.45, 7) is 0.654. The summed E-state index contributed by atoms with van der Waals surface area (Å²) < 4.78 is 96.9. The molecule has 46 nitrogen and oxygen atoms in total. The van der Waals surface area contributed by atoms with E-state index in [0.717, 1.165) is 85.0 Å². The monoisotopic (exact) mass is 2050 g/mol. The molecule has 0 saturated carbocycles. The summed E-state index contributed by atoms with van der Waals surface area (Å²) in [6, 6.07) is -6.83. The second-order valence-corrected chi connectivity index (χ2v) is 38.8. The Balaban J connectivity index is 0.983. The van der Waals surface area contributed by atoms with Crippen molar-refractivity contribution < 1.29 is 207 Å². The number of aliphatic hydroxyl groups excluding tert-OH is 22. The van der Waals surface area contributed by atoms with Crippen LogP contribution in [0.15, 0.2) is 24.3 Å². The Bertz CT molecular complexity index is 3550. The van der Waals surface area contributed by atoms with Crippen molar-refractivity contribution in [3.63, 3.8) is 0 Å². The van der Waals surface area contributed by atoms with Crippen LogP contribution in [-0.4, -0.2) is 446 Å². The van der Waals surface area contributed by atoms with Crippen LogP contribution in [-0.2, 0) is 95.0 Å². The van der Waals surface area contributed by atoms with Gasteiger partial charge in [-0.25, -0.2) is 0 Å². The Labute approximate surface area is 830 Å². The summed E-state index contributed by atoms with van der Waals surface area (Å²) >= 11 is 0. The quantitative estimate of drug-likeness (QED) is 0.0208. The predicted molar refractivity (Wildman–Crippen MR) is 497 cm³/mol. The van der Waals surface area contributed by atoms with Gasteiger partial charge in [0.1, 0.15) is 189 Å². The minimum atomic E-state index is -2.53. The average Bonchev–Trinajstić information content (AvgIpc) is 0.760. The van der Waals surface area contributed by atoms with Crippen molar-refractivity contribution in [3.05, 3.63) is 24.3 Å². The van der Waals surface area contributed by atoms with Crippen LogP contribution >= 0.6 is 0 Å². The molecule has 826 valence electrons. The van der Waals surface area contributed by atoms with E-state index in [4.69, 9.17) is 75.8 Å². The third-order valence-corrected chi connectivity index (χ3v) is 27.5. The third kappa shape index (κ3) is 36.6. The van der Waals surface area contributed by atoms with Gasteiger partial charge in [0.25, 0.3) is 0 Å². The van der Waals surface area contributed by atoms with E-state index in [1.165, 1.54) is 129 Å². The zero-order valence-electron chi connectivity index (χ0n) is 82.8. The van der Waals surface area contributed by atoms with Crippen molar-refractivity contribution in [1.82, 2.24) is 21.3 Å². The number of unbranched alkanes of at least 4 members (excludes halogenated alkanes) is 28. The summed E-state index contributed by atoms with van der Waals surface area (Å²) in [5.41, 5.74) is 0. The molecule has 0 radical (unpaired) electrons. The highest BCUT2D eigenvalue weighted by atomic mass is 16.8. The Morgan fingerprint density at radius 3 is 1.08 bits per heavy atom. The summed E-state index contributed by atoms with van der Waals surface area (Å²) in [5, 5.41) is 261. The van der Waals surface area contributed by atoms with Crippen LogP contribution < -0.4 is 21.3 Å². The van der Waals surface area contributed by atoms with E-state index in [1.54, 1.807) is 6.08 Å². The van der Waals surface area contributed by atoms with Gasteiger partial charge in [-0.1, -0.05) is 192 Å². The molecule has 0 aromatic rings. The van der Waals surface area contributed by atoms with Crippen LogP contribution in [0.25, 0.3) is 0 Å². The van der Waals surface area contributed by atoms with Gasteiger partial charge in [0.15, 0.2) is 50.3 Å². The first-order chi connectivity index (χ1) is 68.1. The molecule has 8 aliphatic heterocycles. The Morgan fingerprint density at radius 1 is 0.296 bits per heavy atom. The maximum absolute atomic E-state index is 13.7. The molecule has 0 aliphatic carbocycles. The molecule has 42 atom stereocenters. The third-order valence-electron chi connectivity index (χ3n) is 27.5. The highest BCUT2D eigenvalue weighted by molar-refractivity contribution is 5.76. The van der Waals surface area contributed by atoms with Crippen LogP contribution in [0.2, 0.25) is 0 Å². The molecule has 8 rings (SSSR count). The second-order valence-electron chi connectivity index (χ2n) is 38.8. The molecule has 8 fully saturated rings. The van der Waals surface area contributed by atoms with Crippen LogP contribution in [0.5, 0.6) is 0 Å². The first-order valence-corrected chi connectivity index (χ1v) is 51.5. The number of nitrogens with one attached hydrogen (secondary N) is 4. The molecule has 46 heteroatoms. The maximum atomic E-state index is 13.7. The first kappa shape index (κ1) is 123. The molecule has 142 heavy (non-hydrogen) atoms. The van der Waals surface area contributed by atoms with Gasteiger partial charge in [-0.15, -0.1) is 0 Å². The van der Waals surface area contributed by atoms with Crippen molar-refractivity contribution in [1.29, 1.82) is 0 Å². The summed E-state index contributed by atoms with van der Waals surface area (Å²) in [5.74, 6) is -3.16. The van der Waals surface area contributed by atoms with E-state index in [1.807, 2.05) is 6.08 Å². The first-order valence-electron chi connectivity index (χ1n) is 51.5. The highest BCUT2D eigenvalue weighted by Gasteiger charge is 2.61. The molecule has 0 aromatic carbocycles. The van der Waals surface area contributed by atoms with Gasteiger partial charge in [0.05, 0.1) is 71.1 Å². The molecule has 0 bridgehead atoms. The van der Waals surface area contributed by atoms with E-state index >= 15 is 0 Å². The molecule has 8 saturated heterocycles. The zero-order chi connectivity index (χ0) is 104. The Kier molecular flexibility index (Phi) is 55.9. The fourth-order valence-electron chi connectivity index (χ4n) is 19.1. The highest BCUT2D eigenvalue weighted by Crippen LogP contribution is 2.40. The van der Waals surface area contributed by atoms with Crippen molar-refractivity contribution in [2.75, 3.05) is 52.9 Å². The smallest absolute Gasteiger partial charge is 0.220 e. The summed E-state index contributed by atoms with van der Waals surface area (Å²) in [4.78, 5) is 53.4. The van der Waals surface area contributed by atoms with E-state index < -0.39 is 328 Å². The van der Waals surface area contributed by atoms with Crippen molar-refractivity contribution >= 4 is 23.6 Å². The van der Waals surface area contributed by atoms with E-state index in [2.05, 4.69) is 47.3 Å². The van der Waals surface area contributed by atoms with E-state index in [-0.39, 0.29) is 12.3 Å². The van der Waals surface area contributed by atoms with Crippen molar-refractivity contribution in [2.45, 2.75) is 505 Å². The Morgan fingerprint density at radius 2 is 0.627 bits per heavy atom. The lowest BCUT2D eigenvalue weighted by atomic mass is 9.93. The number of ether oxygens (including phenoxy) is 16. The van der Waals surface area contributed by atoms with Gasteiger partial charge < -0.3 is 209 Å². The average molecular weight is 2050 g/mol. The van der Waals surface area contributed by atoms with Crippen LogP contribution in [0.4, 0.5) is 0 Å². The SMILES string of the molecule is CCCCCCCC/C=C\CCCCCCCCCCCCCC(=O)N[C@@H](CO[C@@H]1OC(CO)[C@@H](O[C@@H]2OC(CO)[C@H](O)[C@H](O[C@@H]3OC(CO)[C@@H](O)[C@H](O[C@@H]4OC(CO[C@@H]5OC(CO)[C@@H](O)[C@H](O)C5NC(C)=O)[C@H](O)[C@H](O[C@@H]5OC(CO)[C@@H](O)[C@H](O[C@@H]6OC(CO)[C@H](O)[C@H](O)C6O[C@H]6OC(C)[C@@H](O)C(O)[C@@H]6O)C5NC(C)=O)C4O)C3NC(C)=O)C2O)[C@H](O)C1O)[C@H](O)/C=C/CCCCCCCCCCCCC. The lowest BCUT2D eigenvalue weighted by Gasteiger charge is -2.51. The van der Waals surface area contributed by atoms with Crippen LogP contribution in [0.3, 0.4) is 0 Å². The summed E-state index contributed by atoms with van der Waals surface area (Å²) in [7, 11) is 0. The standard InChI is InChI=1S/C96H170N4O42/c1-7-9-11-13-15-17-19-21-22-23-24-25-26-27-28-30-32-34-36-38-40-42-64(111)100-55(56(110)41-39-37-35-33-31-29-20-18-16-14-12-10-8-2)49-127-92-80(124)78(122)83(62(48-106)135-92)137-94-81(125)86(73(117)61(47-105)133-94)140-90-66(98-53(5)108)84(71(115)59(45-103)131-90)138-95-82(126)87(74(118)63(136-95)50-128-89-65(97-52(4)107)75(119)69(113)57(43-101)130-89)141-91-67(99-54(6)109)85(72(116)60(46-104)132-91)139-96-88(77(121)70(114)58(44-102)134-96)142-93-79(123)76(120)68(112)51(3)129-93/h21-22,39,41,51,55-63,65-96,101-106,110,112-126H,7-20,23-38,40,42-50H2,1-6H3,(H,97,107)(H,98,108)(H,99,109)(H,100,111)/b22-21-,41-39+/t51?,55-,56+,57?,58?,59?,60?,61?,62?,63?,65?,66?,67?,68+,69+,70-,71+,72+,73-,74-,75+,76?,77-,78+,79-,80?,81?,82?,83+,84+,85+,86-,87-,88?,89+,90-,91-,92+,93+,94-,95-,96-/m0/s1. The maximum Gasteiger partial charge on any atom is 0.220 e. The normalized spacial score (nSPS) is 38.4.